The van der Waals surface area contributed by atoms with Crippen molar-refractivity contribution in [2.75, 3.05) is 0 Å². The standard InChI is InChI=1S/C20H10F3NO/c21-20(22,23)18-17-15-8-6-12(11-24)10-14(15)7-9-16(17)25-19(18)13-4-2-1-3-5-13/h1-10H. The lowest BCUT2D eigenvalue weighted by Crippen LogP contribution is -2.05. The molecule has 1 heterocycles. The van der Waals surface area contributed by atoms with Gasteiger partial charge in [-0.25, -0.2) is 0 Å². The van der Waals surface area contributed by atoms with Gasteiger partial charge in [0.25, 0.3) is 0 Å². The van der Waals surface area contributed by atoms with E-state index in [1.807, 2.05) is 6.07 Å². The molecule has 25 heavy (non-hydrogen) atoms. The van der Waals surface area contributed by atoms with E-state index in [4.69, 9.17) is 9.68 Å². The van der Waals surface area contributed by atoms with Crippen LogP contribution in [0.4, 0.5) is 13.2 Å². The zero-order valence-electron chi connectivity index (χ0n) is 12.8. The molecule has 0 N–H and O–H groups in total. The van der Waals surface area contributed by atoms with Crippen LogP contribution in [0.1, 0.15) is 11.1 Å². The van der Waals surface area contributed by atoms with Crippen LogP contribution >= 0.6 is 0 Å². The molecular formula is C20H10F3NO. The molecule has 0 aliphatic carbocycles. The lowest BCUT2D eigenvalue weighted by Gasteiger charge is -2.08. The van der Waals surface area contributed by atoms with Crippen molar-refractivity contribution < 1.29 is 17.6 Å². The van der Waals surface area contributed by atoms with Gasteiger partial charge in [-0.3, -0.25) is 0 Å². The smallest absolute Gasteiger partial charge is 0.420 e. The fourth-order valence-electron chi connectivity index (χ4n) is 3.06. The first-order valence-corrected chi connectivity index (χ1v) is 7.51. The summed E-state index contributed by atoms with van der Waals surface area (Å²) in [5.41, 5.74) is 0.146. The summed E-state index contributed by atoms with van der Waals surface area (Å²) in [4.78, 5) is 0. The maximum Gasteiger partial charge on any atom is 0.420 e. The zero-order valence-corrected chi connectivity index (χ0v) is 12.8. The molecule has 0 radical (unpaired) electrons. The van der Waals surface area contributed by atoms with Gasteiger partial charge in [-0.1, -0.05) is 42.5 Å². The van der Waals surface area contributed by atoms with E-state index in [-0.39, 0.29) is 16.7 Å². The van der Waals surface area contributed by atoms with E-state index in [1.54, 1.807) is 42.5 Å². The molecule has 0 atom stereocenters. The number of alkyl halides is 3. The molecule has 5 heteroatoms. The van der Waals surface area contributed by atoms with E-state index in [1.165, 1.54) is 18.2 Å². The van der Waals surface area contributed by atoms with Crippen LogP contribution in [0.25, 0.3) is 33.1 Å². The van der Waals surface area contributed by atoms with E-state index in [0.717, 1.165) is 0 Å². The van der Waals surface area contributed by atoms with Gasteiger partial charge in [0.05, 0.1) is 11.6 Å². The Balaban J connectivity index is 2.15. The molecule has 0 aliphatic heterocycles. The molecule has 0 saturated carbocycles. The number of nitrogens with zero attached hydrogens (tertiary/aromatic N) is 1. The Hall–Kier alpha value is -3.26. The van der Waals surface area contributed by atoms with E-state index in [9.17, 15) is 13.2 Å². The molecule has 3 aromatic carbocycles. The highest BCUT2D eigenvalue weighted by atomic mass is 19.4. The van der Waals surface area contributed by atoms with Crippen LogP contribution in [0.5, 0.6) is 0 Å². The SMILES string of the molecule is N#Cc1ccc2c(ccc3oc(-c4ccccc4)c(C(F)(F)F)c32)c1. The third-order valence-electron chi connectivity index (χ3n) is 4.12. The monoisotopic (exact) mass is 337 g/mol. The second-order valence-electron chi connectivity index (χ2n) is 5.66. The molecule has 4 aromatic rings. The molecule has 122 valence electrons. The molecular weight excluding hydrogens is 327 g/mol. The van der Waals surface area contributed by atoms with Crippen LogP contribution in [0.15, 0.2) is 65.1 Å². The summed E-state index contributed by atoms with van der Waals surface area (Å²) in [7, 11) is 0. The Morgan fingerprint density at radius 3 is 2.36 bits per heavy atom. The van der Waals surface area contributed by atoms with Crippen molar-refractivity contribution in [2.24, 2.45) is 0 Å². The Bertz CT molecular complexity index is 1130. The largest absolute Gasteiger partial charge is 0.455 e. The van der Waals surface area contributed by atoms with E-state index < -0.39 is 11.7 Å². The summed E-state index contributed by atoms with van der Waals surface area (Å²) in [5, 5.41) is 10.00. The Morgan fingerprint density at radius 1 is 0.920 bits per heavy atom. The third kappa shape index (κ3) is 2.43. The van der Waals surface area contributed by atoms with Gasteiger partial charge in [0.15, 0.2) is 0 Å². The average molecular weight is 337 g/mol. The molecule has 1 aromatic heterocycles. The molecule has 0 unspecified atom stereocenters. The van der Waals surface area contributed by atoms with Gasteiger partial charge < -0.3 is 4.42 Å². The summed E-state index contributed by atoms with van der Waals surface area (Å²) in [6.45, 7) is 0. The molecule has 0 aliphatic rings. The Labute approximate surface area is 140 Å². The van der Waals surface area contributed by atoms with Crippen LogP contribution in [-0.2, 0) is 6.18 Å². The first-order valence-electron chi connectivity index (χ1n) is 7.51. The second-order valence-corrected chi connectivity index (χ2v) is 5.66. The minimum Gasteiger partial charge on any atom is -0.455 e. The number of hydrogen-bond donors (Lipinski definition) is 0. The van der Waals surface area contributed by atoms with Crippen molar-refractivity contribution in [3.05, 3.63) is 71.8 Å². The fourth-order valence-corrected chi connectivity index (χ4v) is 3.06. The predicted molar refractivity (Wildman–Crippen MR) is 88.9 cm³/mol. The number of fused-ring (bicyclic) bond motifs is 3. The van der Waals surface area contributed by atoms with Crippen molar-refractivity contribution >= 4 is 21.7 Å². The normalized spacial score (nSPS) is 11.8. The molecule has 0 amide bonds. The average Bonchev–Trinajstić information content (AvgIpc) is 3.02. The maximum absolute atomic E-state index is 13.9. The van der Waals surface area contributed by atoms with Crippen molar-refractivity contribution in [2.45, 2.75) is 6.18 Å². The topological polar surface area (TPSA) is 36.9 Å². The zero-order chi connectivity index (χ0) is 17.6. The highest BCUT2D eigenvalue weighted by Gasteiger charge is 2.39. The predicted octanol–water partition coefficient (Wildman–Crippen LogP) is 6.14. The first kappa shape index (κ1) is 15.3. The third-order valence-corrected chi connectivity index (χ3v) is 4.12. The lowest BCUT2D eigenvalue weighted by molar-refractivity contribution is -0.136. The summed E-state index contributed by atoms with van der Waals surface area (Å²) in [5.74, 6) is -0.194. The molecule has 2 nitrogen and oxygen atoms in total. The van der Waals surface area contributed by atoms with E-state index in [2.05, 4.69) is 0 Å². The van der Waals surface area contributed by atoms with Gasteiger partial charge in [-0.05, 0) is 29.0 Å². The summed E-state index contributed by atoms with van der Waals surface area (Å²) in [6, 6.07) is 18.0. The number of benzene rings is 3. The molecule has 4 rings (SSSR count). The van der Waals surface area contributed by atoms with Gasteiger partial charge in [-0.15, -0.1) is 0 Å². The molecule has 0 spiro atoms. The van der Waals surface area contributed by atoms with Crippen molar-refractivity contribution in [3.8, 4) is 17.4 Å². The van der Waals surface area contributed by atoms with Crippen LogP contribution in [0, 0.1) is 11.3 Å². The summed E-state index contributed by atoms with van der Waals surface area (Å²) in [6.07, 6.45) is -4.57. The van der Waals surface area contributed by atoms with Crippen LogP contribution in [0.2, 0.25) is 0 Å². The second kappa shape index (κ2) is 5.38. The number of rotatable bonds is 1. The maximum atomic E-state index is 13.9. The van der Waals surface area contributed by atoms with Crippen LogP contribution in [0.3, 0.4) is 0 Å². The van der Waals surface area contributed by atoms with Crippen molar-refractivity contribution in [3.63, 3.8) is 0 Å². The Kier molecular flexibility index (Phi) is 3.29. The molecule has 0 saturated heterocycles. The first-order chi connectivity index (χ1) is 12.0. The quantitative estimate of drug-likeness (QED) is 0.418. The van der Waals surface area contributed by atoms with E-state index in [0.29, 0.717) is 21.9 Å². The minimum absolute atomic E-state index is 0.0216. The van der Waals surface area contributed by atoms with Gasteiger partial charge >= 0.3 is 6.18 Å². The molecule has 0 bridgehead atoms. The van der Waals surface area contributed by atoms with E-state index >= 15 is 0 Å². The van der Waals surface area contributed by atoms with Crippen LogP contribution in [-0.4, -0.2) is 0 Å². The summed E-state index contributed by atoms with van der Waals surface area (Å²) >= 11 is 0. The molecule has 0 fully saturated rings. The number of nitriles is 1. The highest BCUT2D eigenvalue weighted by molar-refractivity contribution is 6.10. The Morgan fingerprint density at radius 2 is 1.68 bits per heavy atom. The highest BCUT2D eigenvalue weighted by Crippen LogP contribution is 2.46. The van der Waals surface area contributed by atoms with Crippen LogP contribution < -0.4 is 0 Å². The number of hydrogen-bond acceptors (Lipinski definition) is 2. The van der Waals surface area contributed by atoms with Gasteiger partial charge in [0, 0.05) is 10.9 Å². The van der Waals surface area contributed by atoms with Gasteiger partial charge in [0.2, 0.25) is 0 Å². The lowest BCUT2D eigenvalue weighted by atomic mass is 9.99. The van der Waals surface area contributed by atoms with Crippen molar-refractivity contribution in [1.29, 1.82) is 5.26 Å². The van der Waals surface area contributed by atoms with Crippen molar-refractivity contribution in [1.82, 2.24) is 0 Å². The fraction of sp³-hybridized carbons (Fsp3) is 0.0500. The number of halogens is 3. The summed E-state index contributed by atoms with van der Waals surface area (Å²) < 4.78 is 47.2. The number of furan rings is 1. The van der Waals surface area contributed by atoms with Gasteiger partial charge in [-0.2, -0.15) is 18.4 Å². The minimum atomic E-state index is -4.57. The van der Waals surface area contributed by atoms with Gasteiger partial charge in [0.1, 0.15) is 16.9 Å².